The highest BCUT2D eigenvalue weighted by Crippen LogP contribution is 2.42. The van der Waals surface area contributed by atoms with Gasteiger partial charge in [0.25, 0.3) is 5.91 Å². The lowest BCUT2D eigenvalue weighted by atomic mass is 9.99. The van der Waals surface area contributed by atoms with Crippen molar-refractivity contribution >= 4 is 22.8 Å². The summed E-state index contributed by atoms with van der Waals surface area (Å²) in [7, 11) is 0. The topological polar surface area (TPSA) is 92.1 Å². The third-order valence-corrected chi connectivity index (χ3v) is 6.82. The van der Waals surface area contributed by atoms with Gasteiger partial charge in [-0.25, -0.2) is 9.50 Å². The van der Waals surface area contributed by atoms with Gasteiger partial charge in [-0.15, -0.1) is 10.2 Å². The molecule has 1 unspecified atom stereocenters. The number of nitrogens with zero attached hydrogens (tertiary/aromatic N) is 6. The predicted octanol–water partition coefficient (Wildman–Crippen LogP) is 2.88. The summed E-state index contributed by atoms with van der Waals surface area (Å²) in [5.74, 6) is 0.396. The SMILES string of the molecule is Cc1cccn2nc(C3c4nc[nH]c4CCN3C(=O)c3nnc(C4CC4)s3)cc12. The van der Waals surface area contributed by atoms with Crippen LogP contribution in [0.3, 0.4) is 0 Å². The molecule has 5 heterocycles. The van der Waals surface area contributed by atoms with Gasteiger partial charge >= 0.3 is 0 Å². The van der Waals surface area contributed by atoms with Crippen LogP contribution >= 0.6 is 11.3 Å². The van der Waals surface area contributed by atoms with Crippen LogP contribution in [0.5, 0.6) is 0 Å². The normalized spacial score (nSPS) is 18.9. The van der Waals surface area contributed by atoms with Crippen molar-refractivity contribution in [3.63, 3.8) is 0 Å². The summed E-state index contributed by atoms with van der Waals surface area (Å²) >= 11 is 1.43. The van der Waals surface area contributed by atoms with Gasteiger partial charge in [-0.05, 0) is 37.5 Å². The van der Waals surface area contributed by atoms with Crippen molar-refractivity contribution in [3.05, 3.63) is 63.4 Å². The zero-order chi connectivity index (χ0) is 19.5. The molecule has 4 aromatic rings. The first-order valence-electron chi connectivity index (χ1n) is 9.80. The number of H-pyrrole nitrogens is 1. The first kappa shape index (κ1) is 16.8. The summed E-state index contributed by atoms with van der Waals surface area (Å²) in [5.41, 5.74) is 4.90. The average Bonchev–Trinajstić information content (AvgIpc) is 3.13. The summed E-state index contributed by atoms with van der Waals surface area (Å²) in [4.78, 5) is 23.0. The number of hydrogen-bond acceptors (Lipinski definition) is 6. The molecule has 1 fully saturated rings. The molecule has 1 saturated carbocycles. The maximum atomic E-state index is 13.4. The molecule has 146 valence electrons. The Kier molecular flexibility index (Phi) is 3.61. The Labute approximate surface area is 170 Å². The third kappa shape index (κ3) is 2.68. The summed E-state index contributed by atoms with van der Waals surface area (Å²) in [6, 6.07) is 5.75. The van der Waals surface area contributed by atoms with Crippen LogP contribution in [0.2, 0.25) is 0 Å². The van der Waals surface area contributed by atoms with Gasteiger partial charge in [0, 0.05) is 30.8 Å². The monoisotopic (exact) mass is 405 g/mol. The quantitative estimate of drug-likeness (QED) is 0.566. The largest absolute Gasteiger partial charge is 0.348 e. The molecular weight excluding hydrogens is 386 g/mol. The number of pyridine rings is 1. The Hall–Kier alpha value is -3.07. The zero-order valence-corrected chi connectivity index (χ0v) is 16.7. The molecule has 0 saturated heterocycles. The summed E-state index contributed by atoms with van der Waals surface area (Å²) in [6.07, 6.45) is 6.65. The maximum absolute atomic E-state index is 13.4. The van der Waals surface area contributed by atoms with Crippen LogP contribution < -0.4 is 0 Å². The van der Waals surface area contributed by atoms with Crippen molar-refractivity contribution in [1.82, 2.24) is 34.7 Å². The predicted molar refractivity (Wildman–Crippen MR) is 107 cm³/mol. The third-order valence-electron chi connectivity index (χ3n) is 5.75. The highest BCUT2D eigenvalue weighted by Gasteiger charge is 2.38. The van der Waals surface area contributed by atoms with E-state index in [1.54, 1.807) is 6.33 Å². The molecule has 1 amide bonds. The highest BCUT2D eigenvalue weighted by atomic mass is 32.1. The molecule has 2 aliphatic rings. The number of hydrogen-bond donors (Lipinski definition) is 1. The molecular formula is C20H19N7OS. The molecule has 6 rings (SSSR count). The van der Waals surface area contributed by atoms with Crippen molar-refractivity contribution in [2.45, 2.75) is 38.1 Å². The van der Waals surface area contributed by atoms with Crippen molar-refractivity contribution in [2.75, 3.05) is 6.54 Å². The number of amides is 1. The van der Waals surface area contributed by atoms with Crippen molar-refractivity contribution in [1.29, 1.82) is 0 Å². The van der Waals surface area contributed by atoms with E-state index in [0.29, 0.717) is 17.5 Å². The minimum Gasteiger partial charge on any atom is -0.348 e. The van der Waals surface area contributed by atoms with Gasteiger partial charge < -0.3 is 9.88 Å². The number of imidazole rings is 1. The minimum atomic E-state index is -0.343. The second-order valence-corrected chi connectivity index (χ2v) is 8.74. The van der Waals surface area contributed by atoms with Crippen LogP contribution in [-0.2, 0) is 6.42 Å². The number of nitrogens with one attached hydrogen (secondary N) is 1. The Morgan fingerprint density at radius 1 is 1.31 bits per heavy atom. The first-order valence-corrected chi connectivity index (χ1v) is 10.6. The van der Waals surface area contributed by atoms with Crippen LogP contribution in [-0.4, -0.2) is 47.1 Å². The van der Waals surface area contributed by atoms with Crippen LogP contribution in [0, 0.1) is 6.92 Å². The Balaban J connectivity index is 1.44. The fourth-order valence-corrected chi connectivity index (χ4v) is 5.01. The summed E-state index contributed by atoms with van der Waals surface area (Å²) in [5, 5.41) is 14.7. The van der Waals surface area contributed by atoms with Crippen LogP contribution in [0.1, 0.15) is 62.3 Å². The van der Waals surface area contributed by atoms with Gasteiger partial charge in [-0.1, -0.05) is 17.4 Å². The molecule has 0 bridgehead atoms. The van der Waals surface area contributed by atoms with E-state index in [-0.39, 0.29) is 11.9 Å². The maximum Gasteiger partial charge on any atom is 0.285 e. The Morgan fingerprint density at radius 3 is 3.03 bits per heavy atom. The van der Waals surface area contributed by atoms with E-state index in [4.69, 9.17) is 5.10 Å². The van der Waals surface area contributed by atoms with Crippen LogP contribution in [0.4, 0.5) is 0 Å². The number of aromatic nitrogens is 6. The smallest absolute Gasteiger partial charge is 0.285 e. The van der Waals surface area contributed by atoms with Gasteiger partial charge in [0.2, 0.25) is 5.01 Å². The van der Waals surface area contributed by atoms with E-state index in [1.165, 1.54) is 11.3 Å². The average molecular weight is 405 g/mol. The number of carbonyl (C=O) groups excluding carboxylic acids is 1. The lowest BCUT2D eigenvalue weighted by molar-refractivity contribution is 0.0685. The van der Waals surface area contributed by atoms with Gasteiger partial charge in [-0.3, -0.25) is 4.79 Å². The molecule has 0 spiro atoms. The van der Waals surface area contributed by atoms with Gasteiger partial charge in [0.1, 0.15) is 11.0 Å². The van der Waals surface area contributed by atoms with Crippen molar-refractivity contribution in [3.8, 4) is 0 Å². The Morgan fingerprint density at radius 2 is 2.21 bits per heavy atom. The van der Waals surface area contributed by atoms with Crippen molar-refractivity contribution in [2.24, 2.45) is 0 Å². The number of aromatic amines is 1. The van der Waals surface area contributed by atoms with Crippen LogP contribution in [0.15, 0.2) is 30.7 Å². The molecule has 9 heteroatoms. The van der Waals surface area contributed by atoms with E-state index in [9.17, 15) is 4.79 Å². The molecule has 1 atom stereocenters. The molecule has 0 radical (unpaired) electrons. The zero-order valence-electron chi connectivity index (χ0n) is 15.9. The molecule has 29 heavy (non-hydrogen) atoms. The first-order chi connectivity index (χ1) is 14.2. The van der Waals surface area contributed by atoms with E-state index >= 15 is 0 Å². The standard InChI is InChI=1S/C20H19N7OS/c1-11-3-2-7-27-15(11)9-14(25-27)17-16-13(21-10-22-16)6-8-26(17)20(28)19-24-23-18(29-19)12-4-5-12/h2-3,7,9-10,12,17H,4-6,8H2,1H3,(H,21,22). The summed E-state index contributed by atoms with van der Waals surface area (Å²) in [6.45, 7) is 2.65. The lowest BCUT2D eigenvalue weighted by Gasteiger charge is -2.33. The van der Waals surface area contributed by atoms with E-state index in [0.717, 1.165) is 52.4 Å². The van der Waals surface area contributed by atoms with Gasteiger partial charge in [0.05, 0.1) is 23.2 Å². The molecule has 4 aromatic heterocycles. The van der Waals surface area contributed by atoms with E-state index in [2.05, 4.69) is 39.2 Å². The molecule has 1 aliphatic carbocycles. The molecule has 8 nitrogen and oxygen atoms in total. The second kappa shape index (κ2) is 6.21. The van der Waals surface area contributed by atoms with Gasteiger partial charge in [-0.2, -0.15) is 5.10 Å². The number of rotatable bonds is 3. The van der Waals surface area contributed by atoms with Gasteiger partial charge in [0.15, 0.2) is 0 Å². The summed E-state index contributed by atoms with van der Waals surface area (Å²) < 4.78 is 1.87. The fraction of sp³-hybridized carbons (Fsp3) is 0.350. The van der Waals surface area contributed by atoms with Crippen LogP contribution in [0.25, 0.3) is 5.52 Å². The number of carbonyl (C=O) groups is 1. The molecule has 1 aliphatic heterocycles. The van der Waals surface area contributed by atoms with Crippen molar-refractivity contribution < 1.29 is 4.79 Å². The fourth-order valence-electron chi connectivity index (χ4n) is 4.04. The number of aryl methyl sites for hydroxylation is 1. The van der Waals surface area contributed by atoms with E-state index < -0.39 is 0 Å². The highest BCUT2D eigenvalue weighted by molar-refractivity contribution is 7.13. The minimum absolute atomic E-state index is 0.0955. The Bertz CT molecular complexity index is 1230. The molecule has 0 aromatic carbocycles. The molecule has 1 N–H and O–H groups in total. The number of fused-ring (bicyclic) bond motifs is 2. The van der Waals surface area contributed by atoms with E-state index in [1.807, 2.05) is 21.7 Å². The lowest BCUT2D eigenvalue weighted by Crippen LogP contribution is -2.41. The second-order valence-electron chi connectivity index (χ2n) is 7.73.